The minimum Gasteiger partial charge on any atom is -0.392 e. The Balaban J connectivity index is 2.75. The van der Waals surface area contributed by atoms with E-state index >= 15 is 0 Å². The molecule has 2 N–H and O–H groups in total. The van der Waals surface area contributed by atoms with Crippen LogP contribution in [0.1, 0.15) is 26.7 Å². The molecule has 0 amide bonds. The third-order valence-electron chi connectivity index (χ3n) is 1.15. The second kappa shape index (κ2) is 6.05. The molecule has 0 aliphatic carbocycles. The van der Waals surface area contributed by atoms with Gasteiger partial charge in [-0.2, -0.15) is 0 Å². The molecule has 2 heteroatoms. The van der Waals surface area contributed by atoms with E-state index in [1.54, 1.807) is 6.92 Å². The number of aliphatic hydroxyl groups is 1. The molecule has 0 aromatic carbocycles. The summed E-state index contributed by atoms with van der Waals surface area (Å²) in [6, 6.07) is 0. The van der Waals surface area contributed by atoms with E-state index in [2.05, 4.69) is 12.2 Å². The van der Waals surface area contributed by atoms with Gasteiger partial charge in [0, 0.05) is 6.54 Å². The van der Waals surface area contributed by atoms with Crippen molar-refractivity contribution in [3.8, 4) is 0 Å². The minimum absolute atomic E-state index is 0.207. The first-order chi connectivity index (χ1) is 4.27. The van der Waals surface area contributed by atoms with Gasteiger partial charge in [-0.15, -0.1) is 0 Å². The molecule has 0 rings (SSSR count). The lowest BCUT2D eigenvalue weighted by Gasteiger charge is -2.04. The zero-order valence-electron chi connectivity index (χ0n) is 6.35. The molecule has 56 valence electrons. The predicted octanol–water partition coefficient (Wildman–Crippen LogP) is 0.757. The van der Waals surface area contributed by atoms with Gasteiger partial charge in [-0.05, 0) is 19.9 Å². The Labute approximate surface area is 57.3 Å². The molecule has 0 aromatic rings. The van der Waals surface area contributed by atoms with E-state index in [0.717, 1.165) is 13.1 Å². The van der Waals surface area contributed by atoms with E-state index < -0.39 is 0 Å². The molecule has 0 fully saturated rings. The van der Waals surface area contributed by atoms with Crippen LogP contribution in [0.5, 0.6) is 0 Å². The van der Waals surface area contributed by atoms with Gasteiger partial charge in [-0.3, -0.25) is 0 Å². The highest BCUT2D eigenvalue weighted by molar-refractivity contribution is 4.51. The molecule has 1 atom stereocenters. The lowest BCUT2D eigenvalue weighted by molar-refractivity contribution is 0.191. The smallest absolute Gasteiger partial charge is 0.0636 e. The lowest BCUT2D eigenvalue weighted by atomic mass is 10.3. The zero-order chi connectivity index (χ0) is 7.11. The van der Waals surface area contributed by atoms with Crippen molar-refractivity contribution in [2.24, 2.45) is 0 Å². The third kappa shape index (κ3) is 7.92. The summed E-state index contributed by atoms with van der Waals surface area (Å²) in [5, 5.41) is 11.9. The monoisotopic (exact) mass is 131 g/mol. The van der Waals surface area contributed by atoms with Gasteiger partial charge in [0.2, 0.25) is 0 Å². The Morgan fingerprint density at radius 2 is 2.22 bits per heavy atom. The Morgan fingerprint density at radius 1 is 1.56 bits per heavy atom. The van der Waals surface area contributed by atoms with Crippen LogP contribution in [-0.2, 0) is 0 Å². The number of unbranched alkanes of at least 4 members (excludes halogenated alkanes) is 1. The van der Waals surface area contributed by atoms with Gasteiger partial charge in [0.1, 0.15) is 0 Å². The van der Waals surface area contributed by atoms with Crippen LogP contribution in [0.4, 0.5) is 0 Å². The SMILES string of the molecule is CCCCNCC(C)O. The van der Waals surface area contributed by atoms with Gasteiger partial charge in [0.05, 0.1) is 6.10 Å². The number of nitrogens with one attached hydrogen (secondary N) is 1. The number of hydrogen-bond acceptors (Lipinski definition) is 2. The second-order valence-electron chi connectivity index (χ2n) is 2.41. The van der Waals surface area contributed by atoms with Gasteiger partial charge in [0.15, 0.2) is 0 Å². The summed E-state index contributed by atoms with van der Waals surface area (Å²) < 4.78 is 0. The number of aliphatic hydroxyl groups excluding tert-OH is 1. The fraction of sp³-hybridized carbons (Fsp3) is 1.00. The van der Waals surface area contributed by atoms with Crippen molar-refractivity contribution in [1.82, 2.24) is 5.32 Å². The van der Waals surface area contributed by atoms with Crippen LogP contribution in [0.3, 0.4) is 0 Å². The van der Waals surface area contributed by atoms with Crippen molar-refractivity contribution < 1.29 is 5.11 Å². The molecular weight excluding hydrogens is 114 g/mol. The standard InChI is InChI=1S/C7H17NO/c1-3-4-5-8-6-7(2)9/h7-9H,3-6H2,1-2H3. The summed E-state index contributed by atoms with van der Waals surface area (Å²) in [4.78, 5) is 0. The highest BCUT2D eigenvalue weighted by Crippen LogP contribution is 1.82. The normalized spacial score (nSPS) is 13.7. The fourth-order valence-corrected chi connectivity index (χ4v) is 0.613. The first-order valence-electron chi connectivity index (χ1n) is 3.66. The molecule has 0 bridgehead atoms. The van der Waals surface area contributed by atoms with Gasteiger partial charge in [-0.1, -0.05) is 13.3 Å². The molecule has 0 saturated carbocycles. The van der Waals surface area contributed by atoms with Crippen LogP contribution >= 0.6 is 0 Å². The minimum atomic E-state index is -0.207. The fourth-order valence-electron chi connectivity index (χ4n) is 0.613. The van der Waals surface area contributed by atoms with Crippen LogP contribution in [-0.4, -0.2) is 24.3 Å². The van der Waals surface area contributed by atoms with Gasteiger partial charge in [-0.25, -0.2) is 0 Å². The van der Waals surface area contributed by atoms with E-state index in [0.29, 0.717) is 0 Å². The van der Waals surface area contributed by atoms with Crippen LogP contribution in [0.25, 0.3) is 0 Å². The summed E-state index contributed by atoms with van der Waals surface area (Å²) in [5.74, 6) is 0. The van der Waals surface area contributed by atoms with E-state index in [1.807, 2.05) is 0 Å². The largest absolute Gasteiger partial charge is 0.392 e. The molecular formula is C7H17NO. The maximum absolute atomic E-state index is 8.79. The highest BCUT2D eigenvalue weighted by Gasteiger charge is 1.91. The van der Waals surface area contributed by atoms with E-state index in [9.17, 15) is 0 Å². The summed E-state index contributed by atoms with van der Waals surface area (Å²) in [6.07, 6.45) is 2.21. The summed E-state index contributed by atoms with van der Waals surface area (Å²) in [6.45, 7) is 5.70. The molecule has 9 heavy (non-hydrogen) atoms. The molecule has 0 aliphatic rings. The molecule has 0 radical (unpaired) electrons. The van der Waals surface area contributed by atoms with Crippen molar-refractivity contribution in [2.75, 3.05) is 13.1 Å². The van der Waals surface area contributed by atoms with Crippen LogP contribution in [0.15, 0.2) is 0 Å². The highest BCUT2D eigenvalue weighted by atomic mass is 16.3. The maximum atomic E-state index is 8.79. The van der Waals surface area contributed by atoms with Gasteiger partial charge < -0.3 is 10.4 Å². The molecule has 0 heterocycles. The zero-order valence-corrected chi connectivity index (χ0v) is 6.35. The quantitative estimate of drug-likeness (QED) is 0.540. The van der Waals surface area contributed by atoms with E-state index in [4.69, 9.17) is 5.11 Å². The lowest BCUT2D eigenvalue weighted by Crippen LogP contribution is -2.25. The third-order valence-corrected chi connectivity index (χ3v) is 1.15. The van der Waals surface area contributed by atoms with Crippen LogP contribution in [0, 0.1) is 0 Å². The summed E-state index contributed by atoms with van der Waals surface area (Å²) >= 11 is 0. The average molecular weight is 131 g/mol. The Bertz CT molecular complexity index is 54.9. The van der Waals surface area contributed by atoms with Crippen molar-refractivity contribution in [3.05, 3.63) is 0 Å². The van der Waals surface area contributed by atoms with Crippen LogP contribution in [0.2, 0.25) is 0 Å². The first-order valence-corrected chi connectivity index (χ1v) is 3.66. The Kier molecular flexibility index (Phi) is 5.99. The first kappa shape index (κ1) is 8.92. The van der Waals surface area contributed by atoms with Crippen LogP contribution < -0.4 is 5.32 Å². The molecule has 0 aliphatic heterocycles. The second-order valence-corrected chi connectivity index (χ2v) is 2.41. The number of rotatable bonds is 5. The summed E-state index contributed by atoms with van der Waals surface area (Å²) in [5.41, 5.74) is 0. The molecule has 1 unspecified atom stereocenters. The molecule has 0 saturated heterocycles. The topological polar surface area (TPSA) is 32.3 Å². The maximum Gasteiger partial charge on any atom is 0.0636 e. The van der Waals surface area contributed by atoms with Crippen molar-refractivity contribution in [2.45, 2.75) is 32.8 Å². The van der Waals surface area contributed by atoms with Crippen molar-refractivity contribution in [3.63, 3.8) is 0 Å². The predicted molar refractivity (Wildman–Crippen MR) is 39.5 cm³/mol. The Morgan fingerprint density at radius 3 is 2.67 bits per heavy atom. The van der Waals surface area contributed by atoms with Gasteiger partial charge >= 0.3 is 0 Å². The van der Waals surface area contributed by atoms with E-state index in [1.165, 1.54) is 12.8 Å². The Hall–Kier alpha value is -0.0800. The van der Waals surface area contributed by atoms with E-state index in [-0.39, 0.29) is 6.10 Å². The van der Waals surface area contributed by atoms with Crippen molar-refractivity contribution in [1.29, 1.82) is 0 Å². The molecule has 2 nitrogen and oxygen atoms in total. The number of hydrogen-bond donors (Lipinski definition) is 2. The molecule has 0 spiro atoms. The average Bonchev–Trinajstić information content (AvgIpc) is 1.80. The van der Waals surface area contributed by atoms with Crippen molar-refractivity contribution >= 4 is 0 Å². The summed E-state index contributed by atoms with van der Waals surface area (Å²) in [7, 11) is 0. The molecule has 0 aromatic heterocycles. The van der Waals surface area contributed by atoms with Gasteiger partial charge in [0.25, 0.3) is 0 Å².